The van der Waals surface area contributed by atoms with E-state index < -0.39 is 0 Å². The molecule has 0 bridgehead atoms. The third kappa shape index (κ3) is 4.95. The van der Waals surface area contributed by atoms with Gasteiger partial charge in [0.25, 0.3) is 0 Å². The van der Waals surface area contributed by atoms with Crippen LogP contribution in [-0.2, 0) is 6.42 Å². The minimum Gasteiger partial charge on any atom is -0.388 e. The third-order valence-electron chi connectivity index (χ3n) is 4.90. The summed E-state index contributed by atoms with van der Waals surface area (Å²) in [5, 5.41) is 10.5. The van der Waals surface area contributed by atoms with Crippen LogP contribution in [-0.4, -0.2) is 42.7 Å². The highest BCUT2D eigenvalue weighted by Gasteiger charge is 2.19. The zero-order chi connectivity index (χ0) is 16.8. The Hall–Kier alpha value is -1.06. The van der Waals surface area contributed by atoms with Crippen molar-refractivity contribution in [1.82, 2.24) is 4.90 Å². The molecule has 1 heterocycles. The Morgan fingerprint density at radius 3 is 2.61 bits per heavy atom. The Balaban J connectivity index is 2.05. The molecule has 0 fully saturated rings. The van der Waals surface area contributed by atoms with E-state index in [-0.39, 0.29) is 6.10 Å². The average molecular weight is 319 g/mol. The Morgan fingerprint density at radius 2 is 1.96 bits per heavy atom. The Labute approximate surface area is 142 Å². The first kappa shape index (κ1) is 18.3. The average Bonchev–Trinajstić information content (AvgIpc) is 2.55. The molecule has 1 aromatic carbocycles. The molecule has 3 heteroatoms. The molecular formula is C20H34N2O. The number of fused-ring (bicyclic) bond motifs is 1. The van der Waals surface area contributed by atoms with Crippen molar-refractivity contribution in [2.24, 2.45) is 5.92 Å². The number of hydrogen-bond acceptors (Lipinski definition) is 3. The molecule has 130 valence electrons. The highest BCUT2D eigenvalue weighted by atomic mass is 16.3. The number of nitrogens with zero attached hydrogens (tertiary/aromatic N) is 2. The number of aliphatic hydroxyl groups is 1. The molecule has 3 nitrogen and oxygen atoms in total. The topological polar surface area (TPSA) is 26.7 Å². The number of aryl methyl sites for hydroxylation is 1. The second kappa shape index (κ2) is 8.70. The molecule has 1 atom stereocenters. The van der Waals surface area contributed by atoms with Gasteiger partial charge in [-0.2, -0.15) is 0 Å². The largest absolute Gasteiger partial charge is 0.388 e. The minimum absolute atomic E-state index is 0.346. The van der Waals surface area contributed by atoms with Crippen LogP contribution in [0.1, 0.15) is 57.8 Å². The van der Waals surface area contributed by atoms with Gasteiger partial charge in [-0.25, -0.2) is 0 Å². The van der Waals surface area contributed by atoms with Crippen molar-refractivity contribution in [3.8, 4) is 0 Å². The van der Waals surface area contributed by atoms with Gasteiger partial charge in [-0.05, 0) is 55.5 Å². The highest BCUT2D eigenvalue weighted by Crippen LogP contribution is 2.31. The number of aliphatic hydroxyl groups excluding tert-OH is 1. The SMILES string of the molecule is CCN(CC)CCC(O)c1ccc2c(c1)CCCN2CC(C)C. The first-order valence-corrected chi connectivity index (χ1v) is 9.33. The molecule has 1 aliphatic heterocycles. The van der Waals surface area contributed by atoms with Crippen molar-refractivity contribution >= 4 is 5.69 Å². The molecule has 1 aliphatic rings. The second-order valence-electron chi connectivity index (χ2n) is 7.16. The van der Waals surface area contributed by atoms with Crippen molar-refractivity contribution in [3.05, 3.63) is 29.3 Å². The predicted molar refractivity (Wildman–Crippen MR) is 99.2 cm³/mol. The van der Waals surface area contributed by atoms with Gasteiger partial charge < -0.3 is 14.9 Å². The van der Waals surface area contributed by atoms with Crippen LogP contribution in [0, 0.1) is 5.92 Å². The molecular weight excluding hydrogens is 284 g/mol. The molecule has 0 saturated heterocycles. The normalized spacial score (nSPS) is 16.0. The van der Waals surface area contributed by atoms with E-state index in [0.29, 0.717) is 5.92 Å². The molecule has 0 aliphatic carbocycles. The van der Waals surface area contributed by atoms with Crippen LogP contribution in [0.5, 0.6) is 0 Å². The summed E-state index contributed by atoms with van der Waals surface area (Å²) in [6.45, 7) is 14.3. The fraction of sp³-hybridized carbons (Fsp3) is 0.700. The van der Waals surface area contributed by atoms with Gasteiger partial charge in [0.2, 0.25) is 0 Å². The summed E-state index contributed by atoms with van der Waals surface area (Å²) in [6, 6.07) is 6.60. The minimum atomic E-state index is -0.346. The lowest BCUT2D eigenvalue weighted by Gasteiger charge is -2.33. The maximum atomic E-state index is 10.5. The van der Waals surface area contributed by atoms with E-state index in [2.05, 4.69) is 55.7 Å². The molecule has 0 aromatic heterocycles. The maximum absolute atomic E-state index is 10.5. The summed E-state index contributed by atoms with van der Waals surface area (Å²) in [4.78, 5) is 4.88. The lowest BCUT2D eigenvalue weighted by atomic mass is 9.95. The van der Waals surface area contributed by atoms with Gasteiger partial charge >= 0.3 is 0 Å². The third-order valence-corrected chi connectivity index (χ3v) is 4.90. The van der Waals surface area contributed by atoms with Crippen molar-refractivity contribution < 1.29 is 5.11 Å². The lowest BCUT2D eigenvalue weighted by Crippen LogP contribution is -2.32. The maximum Gasteiger partial charge on any atom is 0.0802 e. The predicted octanol–water partition coefficient (Wildman–Crippen LogP) is 3.86. The van der Waals surface area contributed by atoms with Crippen molar-refractivity contribution in [2.75, 3.05) is 37.6 Å². The summed E-state index contributed by atoms with van der Waals surface area (Å²) in [5.74, 6) is 0.681. The van der Waals surface area contributed by atoms with Crippen LogP contribution in [0.15, 0.2) is 18.2 Å². The van der Waals surface area contributed by atoms with Gasteiger partial charge in [0.1, 0.15) is 0 Å². The van der Waals surface area contributed by atoms with Gasteiger partial charge in [-0.15, -0.1) is 0 Å². The molecule has 2 rings (SSSR count). The zero-order valence-electron chi connectivity index (χ0n) is 15.4. The smallest absolute Gasteiger partial charge is 0.0802 e. The second-order valence-corrected chi connectivity index (χ2v) is 7.16. The van der Waals surface area contributed by atoms with E-state index in [1.165, 1.54) is 17.7 Å². The first-order valence-electron chi connectivity index (χ1n) is 9.33. The van der Waals surface area contributed by atoms with Gasteiger partial charge in [-0.1, -0.05) is 39.8 Å². The molecule has 1 unspecified atom stereocenters. The van der Waals surface area contributed by atoms with Crippen LogP contribution < -0.4 is 4.90 Å². The van der Waals surface area contributed by atoms with E-state index in [1.807, 2.05) is 0 Å². The standard InChI is InChI=1S/C20H34N2O/c1-5-21(6-2)13-11-20(23)18-9-10-19-17(14-18)8-7-12-22(19)15-16(3)4/h9-10,14,16,20,23H,5-8,11-13,15H2,1-4H3. The summed E-state index contributed by atoms with van der Waals surface area (Å²) in [5.41, 5.74) is 3.88. The van der Waals surface area contributed by atoms with Gasteiger partial charge in [0, 0.05) is 25.3 Å². The zero-order valence-corrected chi connectivity index (χ0v) is 15.4. The molecule has 0 amide bonds. The fourth-order valence-electron chi connectivity index (χ4n) is 3.54. The Bertz CT molecular complexity index is 483. The molecule has 1 aromatic rings. The van der Waals surface area contributed by atoms with Crippen LogP contribution in [0.4, 0.5) is 5.69 Å². The Morgan fingerprint density at radius 1 is 1.22 bits per heavy atom. The van der Waals surface area contributed by atoms with Gasteiger partial charge in [-0.3, -0.25) is 0 Å². The van der Waals surface area contributed by atoms with Crippen molar-refractivity contribution in [2.45, 2.75) is 53.1 Å². The molecule has 0 radical (unpaired) electrons. The number of rotatable bonds is 8. The number of benzene rings is 1. The van der Waals surface area contributed by atoms with Crippen LogP contribution >= 0.6 is 0 Å². The van der Waals surface area contributed by atoms with Crippen LogP contribution in [0.25, 0.3) is 0 Å². The van der Waals surface area contributed by atoms with E-state index in [9.17, 15) is 5.11 Å². The van der Waals surface area contributed by atoms with E-state index in [4.69, 9.17) is 0 Å². The summed E-state index contributed by atoms with van der Waals surface area (Å²) in [7, 11) is 0. The van der Waals surface area contributed by atoms with Crippen LogP contribution in [0.3, 0.4) is 0 Å². The van der Waals surface area contributed by atoms with Gasteiger partial charge in [0.15, 0.2) is 0 Å². The monoisotopic (exact) mass is 318 g/mol. The van der Waals surface area contributed by atoms with Crippen LogP contribution in [0.2, 0.25) is 0 Å². The fourth-order valence-corrected chi connectivity index (χ4v) is 3.54. The summed E-state index contributed by atoms with van der Waals surface area (Å²) in [6.07, 6.45) is 2.83. The summed E-state index contributed by atoms with van der Waals surface area (Å²) >= 11 is 0. The molecule has 0 saturated carbocycles. The molecule has 1 N–H and O–H groups in total. The Kier molecular flexibility index (Phi) is 6.91. The van der Waals surface area contributed by atoms with E-state index in [1.54, 1.807) is 0 Å². The van der Waals surface area contributed by atoms with E-state index >= 15 is 0 Å². The molecule has 0 spiro atoms. The van der Waals surface area contributed by atoms with Crippen molar-refractivity contribution in [3.63, 3.8) is 0 Å². The number of hydrogen-bond donors (Lipinski definition) is 1. The molecule has 23 heavy (non-hydrogen) atoms. The van der Waals surface area contributed by atoms with Gasteiger partial charge in [0.05, 0.1) is 6.10 Å². The number of anilines is 1. The van der Waals surface area contributed by atoms with E-state index in [0.717, 1.165) is 51.1 Å². The highest BCUT2D eigenvalue weighted by molar-refractivity contribution is 5.57. The van der Waals surface area contributed by atoms with Crippen molar-refractivity contribution in [1.29, 1.82) is 0 Å². The first-order chi connectivity index (χ1) is 11.0. The summed E-state index contributed by atoms with van der Waals surface area (Å²) < 4.78 is 0. The quantitative estimate of drug-likeness (QED) is 0.788. The lowest BCUT2D eigenvalue weighted by molar-refractivity contribution is 0.145.